The summed E-state index contributed by atoms with van der Waals surface area (Å²) in [6, 6.07) is 2.31. The van der Waals surface area contributed by atoms with Gasteiger partial charge in [0.15, 0.2) is 5.96 Å². The molecule has 8 rings (SSSR count). The summed E-state index contributed by atoms with van der Waals surface area (Å²) in [4.78, 5) is 265. The van der Waals surface area contributed by atoms with Crippen molar-refractivity contribution in [3.05, 3.63) is 126 Å². The van der Waals surface area contributed by atoms with E-state index in [-0.39, 0.29) is 83.0 Å². The number of amides is 17. The van der Waals surface area contributed by atoms with E-state index in [1.165, 1.54) is 47.6 Å². The number of primary amides is 3. The summed E-state index contributed by atoms with van der Waals surface area (Å²) in [5.74, 6) is -17.3. The average Bonchev–Trinajstić information content (AvgIpc) is 1.52. The number of aromatic nitrogens is 4. The van der Waals surface area contributed by atoms with Gasteiger partial charge < -0.3 is 126 Å². The summed E-state index contributed by atoms with van der Waals surface area (Å²) in [6.45, 7) is 2.38. The minimum absolute atomic E-state index is 0.00266. The van der Waals surface area contributed by atoms with Gasteiger partial charge in [-0.2, -0.15) is 0 Å². The molecule has 1 unspecified atom stereocenters. The van der Waals surface area contributed by atoms with Crippen LogP contribution in [0, 0.1) is 5.41 Å². The number of likely N-dealkylation sites (N-methyl/N-ethyl adjacent to an activating group) is 4. The number of imidazole rings is 1. The zero-order chi connectivity index (χ0) is 97.3. The highest BCUT2D eigenvalue weighted by atomic mass is 32.2. The number of thioether (sulfide) groups is 1. The van der Waals surface area contributed by atoms with Gasteiger partial charge in [0.2, 0.25) is 100 Å². The van der Waals surface area contributed by atoms with Crippen LogP contribution in [0.2, 0.25) is 0 Å². The molecule has 17 amide bonds. The molecule has 3 aromatic heterocycles. The summed E-state index contributed by atoms with van der Waals surface area (Å²) in [5.41, 5.74) is 25.5. The molecule has 2 aliphatic rings. The van der Waals surface area contributed by atoms with Crippen molar-refractivity contribution >= 4 is 140 Å². The minimum atomic E-state index is -1.86. The quantitative estimate of drug-likeness (QED) is 0.0132. The van der Waals surface area contributed by atoms with Gasteiger partial charge >= 0.3 is 0 Å². The Morgan fingerprint density at radius 2 is 1.09 bits per heavy atom. The maximum Gasteiger partial charge on any atom is 0.246 e. The molecule has 0 bridgehead atoms. The van der Waals surface area contributed by atoms with Crippen LogP contribution in [0.25, 0.3) is 21.8 Å². The van der Waals surface area contributed by atoms with Crippen molar-refractivity contribution in [3.63, 3.8) is 0 Å². The number of nitrogens with one attached hydrogen (secondary N) is 15. The molecular weight excluding hydrogens is 1740 g/mol. The third-order valence-corrected chi connectivity index (χ3v) is 24.3. The van der Waals surface area contributed by atoms with Crippen LogP contribution in [-0.4, -0.2) is 318 Å². The molecule has 0 aliphatic carbocycles. The first-order valence-electron chi connectivity index (χ1n) is 44.1. The van der Waals surface area contributed by atoms with Crippen LogP contribution >= 0.6 is 11.8 Å². The highest BCUT2D eigenvalue weighted by Crippen LogP contribution is 2.26. The van der Waals surface area contributed by atoms with Crippen molar-refractivity contribution in [2.45, 2.75) is 215 Å². The lowest BCUT2D eigenvalue weighted by Crippen LogP contribution is -2.61. The third kappa shape index (κ3) is 30.8. The lowest BCUT2D eigenvalue weighted by molar-refractivity contribution is -0.149. The number of β-amino-alcohol motifs (C(OH)–C–C–N with tert-alkyl or cyclic N) is 1. The molecule has 722 valence electrons. The van der Waals surface area contributed by atoms with Gasteiger partial charge in [0, 0.05) is 119 Å². The van der Waals surface area contributed by atoms with Gasteiger partial charge in [-0.1, -0.05) is 106 Å². The first kappa shape index (κ1) is 105. The van der Waals surface area contributed by atoms with Crippen molar-refractivity contribution < 1.29 is 91.7 Å². The van der Waals surface area contributed by atoms with Gasteiger partial charge in [0.25, 0.3) is 0 Å². The van der Waals surface area contributed by atoms with Gasteiger partial charge in [0.05, 0.1) is 44.2 Å². The van der Waals surface area contributed by atoms with Crippen LogP contribution in [0.3, 0.4) is 0 Å². The van der Waals surface area contributed by atoms with Crippen molar-refractivity contribution in [2.75, 3.05) is 72.5 Å². The second kappa shape index (κ2) is 51.3. The molecule has 0 saturated carbocycles. The number of hydrogen-bond acceptors (Lipinski definition) is 23. The molecule has 6 aromatic rings. The summed E-state index contributed by atoms with van der Waals surface area (Å²) < 4.78 is 0. The van der Waals surface area contributed by atoms with E-state index in [1.807, 2.05) is 13.8 Å². The Morgan fingerprint density at radius 1 is 0.534 bits per heavy atom. The number of carbonyl (C=O) groups is 17. The zero-order valence-electron chi connectivity index (χ0n) is 75.6. The monoisotopic (exact) mass is 1870 g/mol. The Bertz CT molecular complexity index is 5080. The van der Waals surface area contributed by atoms with E-state index in [0.29, 0.717) is 64.2 Å². The molecule has 2 aliphatic heterocycles. The fraction of sp³-hybridized carbons (Fsp3) is 0.511. The van der Waals surface area contributed by atoms with Crippen LogP contribution < -0.4 is 81.4 Å². The Kier molecular flexibility index (Phi) is 40.4. The van der Waals surface area contributed by atoms with Gasteiger partial charge in [-0.05, 0) is 87.1 Å². The van der Waals surface area contributed by atoms with E-state index < -0.39 is 242 Å². The van der Waals surface area contributed by atoms with Crippen molar-refractivity contribution in [1.82, 2.24) is 103 Å². The number of rotatable bonds is 27. The summed E-state index contributed by atoms with van der Waals surface area (Å²) in [6.07, 6.45) is 2.89. The zero-order valence-corrected chi connectivity index (χ0v) is 76.4. The first-order valence-corrected chi connectivity index (χ1v) is 45.3. The van der Waals surface area contributed by atoms with E-state index in [1.54, 1.807) is 91.3 Å². The van der Waals surface area contributed by atoms with Crippen LogP contribution in [0.1, 0.15) is 127 Å². The topological polar surface area (TPSA) is 667 Å². The van der Waals surface area contributed by atoms with Crippen molar-refractivity contribution in [1.29, 1.82) is 5.41 Å². The highest BCUT2D eigenvalue weighted by Gasteiger charge is 2.44. The predicted octanol–water partition coefficient (Wildman–Crippen LogP) is -4.13. The third-order valence-electron chi connectivity index (χ3n) is 23.2. The lowest BCUT2D eigenvalue weighted by Gasteiger charge is -2.36. The van der Waals surface area contributed by atoms with Crippen molar-refractivity contribution in [2.24, 2.45) is 22.9 Å². The molecule has 14 atom stereocenters. The number of H-pyrrole nitrogens is 3. The summed E-state index contributed by atoms with van der Waals surface area (Å²) in [5, 5.41) is 61.3. The van der Waals surface area contributed by atoms with E-state index in [0.717, 1.165) is 36.3 Å². The number of aliphatic hydroxyl groups excluding tert-OH is 2. The second-order valence-electron chi connectivity index (χ2n) is 33.2. The number of benzene rings is 3. The number of unbranched alkanes of at least 4 members (excludes halogenated alkanes) is 2. The second-order valence-corrected chi connectivity index (χ2v) is 34.2. The van der Waals surface area contributed by atoms with Crippen LogP contribution in [-0.2, 0) is 107 Å². The molecule has 2 saturated heterocycles. The van der Waals surface area contributed by atoms with Crippen LogP contribution in [0.5, 0.6) is 0 Å². The molecule has 0 spiro atoms. The average molecular weight is 1870 g/mol. The normalized spacial score (nSPS) is 23.9. The molecule has 0 radical (unpaired) electrons. The molecule has 2 fully saturated rings. The first-order chi connectivity index (χ1) is 63.4. The fourth-order valence-electron chi connectivity index (χ4n) is 15.8. The van der Waals surface area contributed by atoms with Gasteiger partial charge in [-0.3, -0.25) is 92.2 Å². The number of guanidine groups is 1. The Labute approximate surface area is 772 Å². The number of para-hydroxylation sites is 2. The Morgan fingerprint density at radius 3 is 1.70 bits per heavy atom. The fourth-order valence-corrected chi connectivity index (χ4v) is 16.6. The molecule has 44 nitrogen and oxygen atoms in total. The van der Waals surface area contributed by atoms with Gasteiger partial charge in [-0.15, -0.1) is 11.8 Å². The van der Waals surface area contributed by atoms with E-state index in [4.69, 9.17) is 28.3 Å². The molecule has 25 N–H and O–H groups in total. The number of nitrogens with zero attached hydrogens (tertiary/aromatic N) is 6. The maximum atomic E-state index is 15.7. The van der Waals surface area contributed by atoms with Gasteiger partial charge in [-0.25, -0.2) is 4.98 Å². The van der Waals surface area contributed by atoms with Gasteiger partial charge in [0.1, 0.15) is 78.7 Å². The smallest absolute Gasteiger partial charge is 0.246 e. The SMILES string of the molecule is CCCC[C@H]1C(=O)N(C)[C@@H](CCCC)C(=O)N[C@@H](CCCNC(=N)N)C(=O)N[C@H](C(=O)NCC(N)=O)CSCC(=O)N[C@@H](Cc2ccccc2)C(=O)N(C)[C@@H](C)C(=O)N[C@@H](CC(N)=O)C(=O)N2CCC[C@H]2C(=O)N[C@@H](Cc2cnc[nH]2)C(=O)N[C@@H](CCC(N)=O)C(=O)N(C)CC(O)N[C@@H](Cc2c[nH]c3ccccc23)C(=O)N[C@@H](CO)C(=O)N[C@@H](Cc2c[nH]c3ccccc23)C(=O)N1C. The van der Waals surface area contributed by atoms with Crippen LogP contribution in [0.4, 0.5) is 0 Å². The molecule has 133 heavy (non-hydrogen) atoms. The number of hydrogen-bond donors (Lipinski definition) is 21. The largest absolute Gasteiger partial charge is 0.394 e. The van der Waals surface area contributed by atoms with Crippen LogP contribution in [0.15, 0.2) is 104 Å². The molecular formula is C88H125N25O19S. The number of aliphatic hydroxyl groups is 2. The molecule has 3 aromatic carbocycles. The highest BCUT2D eigenvalue weighted by molar-refractivity contribution is 8.00. The van der Waals surface area contributed by atoms with E-state index in [2.05, 4.69) is 78.4 Å². The molecule has 5 heterocycles. The van der Waals surface area contributed by atoms with E-state index >= 15 is 24.0 Å². The predicted molar refractivity (Wildman–Crippen MR) is 490 cm³/mol. The lowest BCUT2D eigenvalue weighted by atomic mass is 10.00. The number of carbonyl (C=O) groups excluding carboxylic acids is 17. The number of aromatic amines is 3. The maximum absolute atomic E-state index is 15.7. The summed E-state index contributed by atoms with van der Waals surface area (Å²) in [7, 11) is 5.17. The van der Waals surface area contributed by atoms with E-state index in [9.17, 15) is 67.7 Å². The standard InChI is InChI=1S/C88H125N25O19S/c1-8-10-28-67-81(126)102-58(27-19-33-95-88(92)93)77(122)108-66(76(121)98-43-72(91)117)46-133-47-74(119)101-62(35-50-21-13-12-14-22-50)84(129)110(5)49(3)75(120)105-64(39-71(90)116)86(131)113-34-20-30-68(113)82(127)104-61(38-53-42-94-48-99-53)79(124)103-59(31-32-70(89)115)83(128)109(4)44-73(118)100-60(36-51-40-96-56-25-17-15-23-54(51)56)78(123)107-65(45-114)80(125)106-63(37-52-41-97-57-26-18-16-24-55(52)57)85(130)112(7)69(29-11-9-2)87(132)111(67)6/h12-18,21-26,40-42,48-49,58-69,73,96-97,100,114,118H,8-11,19-20,27-39,43-47H2,1-7H3,(H2,89,115)(H2,90,116)(H2,91,117)(H,94,99)(H,98,121)(H,101,119)(H,102,126)(H,103,124)(H,104,127)(H,105,120)(H,106,125)(H,107,123)(H,108,122)(H4,92,93,95)/t49-,58-,59-,60-,61-,62-,63-,64-,65-,66-,67-,68-,69-,73?/m0/s1. The summed E-state index contributed by atoms with van der Waals surface area (Å²) >= 11 is 0.785. The van der Waals surface area contributed by atoms with Crippen molar-refractivity contribution in [3.8, 4) is 0 Å². The number of nitrogens with two attached hydrogens (primary N) is 4. The Balaban J connectivity index is 1.18. The minimum Gasteiger partial charge on any atom is -0.394 e. The molecule has 45 heteroatoms. The number of fused-ring (bicyclic) bond motifs is 3. The Hall–Kier alpha value is -13.6.